The van der Waals surface area contributed by atoms with Crippen molar-refractivity contribution < 1.29 is 0 Å². The van der Waals surface area contributed by atoms with Crippen LogP contribution in [0.2, 0.25) is 0 Å². The molecule has 0 aromatic rings. The Labute approximate surface area is 201 Å². The molecular weight excluding hydrogens is 388 g/mol. The van der Waals surface area contributed by atoms with Crippen LogP contribution in [0.1, 0.15) is 161 Å². The van der Waals surface area contributed by atoms with E-state index in [1.165, 1.54) is 154 Å². The zero-order valence-corrected chi connectivity index (χ0v) is 21.8. The number of hydrogen-bond donors (Lipinski definition) is 0. The normalized spacial score (nSPS) is 25.9. The van der Waals surface area contributed by atoms with Crippen LogP contribution in [0, 0.1) is 0 Å². The molecule has 0 aromatic heterocycles. The highest BCUT2D eigenvalue weighted by Crippen LogP contribution is 2.39. The van der Waals surface area contributed by atoms with Gasteiger partial charge in [-0.1, -0.05) is 103 Å². The molecule has 0 N–H and O–H groups in total. The highest BCUT2D eigenvalue weighted by Gasteiger charge is 2.41. The van der Waals surface area contributed by atoms with Gasteiger partial charge in [0.05, 0.1) is 6.17 Å². The van der Waals surface area contributed by atoms with Crippen molar-refractivity contribution in [3.05, 3.63) is 0 Å². The van der Waals surface area contributed by atoms with Gasteiger partial charge in [0, 0.05) is 24.2 Å². The van der Waals surface area contributed by atoms with Gasteiger partial charge in [0.1, 0.15) is 0 Å². The number of nitrogens with zero attached hydrogens (tertiary/aromatic N) is 2. The van der Waals surface area contributed by atoms with Crippen LogP contribution in [0.25, 0.3) is 0 Å². The molecule has 0 radical (unpaired) electrons. The summed E-state index contributed by atoms with van der Waals surface area (Å²) in [6.07, 6.45) is 36.2. The van der Waals surface area contributed by atoms with Gasteiger partial charge >= 0.3 is 0 Å². The largest absolute Gasteiger partial charge is 0.282 e. The molecule has 4 aliphatic rings. The summed E-state index contributed by atoms with van der Waals surface area (Å²) in [4.78, 5) is 6.49. The maximum Gasteiger partial charge on any atom is 0.0632 e. The Morgan fingerprint density at radius 3 is 1.06 bits per heavy atom. The molecule has 4 aliphatic carbocycles. The van der Waals surface area contributed by atoms with Gasteiger partial charge in [-0.2, -0.15) is 0 Å². The Hall–Kier alpha value is -0.0800. The van der Waals surface area contributed by atoms with Crippen molar-refractivity contribution in [1.29, 1.82) is 0 Å². The highest BCUT2D eigenvalue weighted by atomic mass is 15.4. The van der Waals surface area contributed by atoms with Gasteiger partial charge in [0.25, 0.3) is 0 Å². The minimum absolute atomic E-state index is 0.749. The fourth-order valence-corrected chi connectivity index (χ4v) is 8.12. The fraction of sp³-hybridized carbons (Fsp3) is 1.00. The van der Waals surface area contributed by atoms with E-state index in [1.807, 2.05) is 0 Å². The molecule has 186 valence electrons. The molecule has 0 atom stereocenters. The van der Waals surface area contributed by atoms with Crippen molar-refractivity contribution in [3.8, 4) is 0 Å². The van der Waals surface area contributed by atoms with E-state index in [0.717, 1.165) is 30.3 Å². The first-order valence-corrected chi connectivity index (χ1v) is 15.4. The molecule has 2 heteroatoms. The van der Waals surface area contributed by atoms with Crippen LogP contribution in [-0.4, -0.2) is 40.1 Å². The van der Waals surface area contributed by atoms with Crippen molar-refractivity contribution in [2.24, 2.45) is 0 Å². The van der Waals surface area contributed by atoms with E-state index >= 15 is 0 Å². The third-order valence-electron chi connectivity index (χ3n) is 9.74. The van der Waals surface area contributed by atoms with Gasteiger partial charge in [0.15, 0.2) is 0 Å². The minimum atomic E-state index is 0.749. The van der Waals surface area contributed by atoms with Gasteiger partial charge in [-0.15, -0.1) is 0 Å². The summed E-state index contributed by atoms with van der Waals surface area (Å²) < 4.78 is 0. The fourth-order valence-electron chi connectivity index (χ4n) is 8.12. The third-order valence-corrected chi connectivity index (χ3v) is 9.74. The van der Waals surface area contributed by atoms with Crippen molar-refractivity contribution in [2.75, 3.05) is 0 Å². The third kappa shape index (κ3) is 6.74. The molecule has 0 heterocycles. The molecule has 0 aliphatic heterocycles. The number of unbranched alkanes of at least 4 members (excludes halogenated alkanes) is 2. The molecule has 0 bridgehead atoms. The van der Waals surface area contributed by atoms with Crippen LogP contribution in [0.15, 0.2) is 0 Å². The Morgan fingerprint density at radius 2 is 0.781 bits per heavy atom. The van der Waals surface area contributed by atoms with E-state index in [9.17, 15) is 0 Å². The molecule has 0 unspecified atom stereocenters. The summed E-state index contributed by atoms with van der Waals surface area (Å²) in [6.45, 7) is 2.40. The molecule has 0 saturated heterocycles. The van der Waals surface area contributed by atoms with Crippen LogP contribution in [0.4, 0.5) is 0 Å². The summed E-state index contributed by atoms with van der Waals surface area (Å²) in [5, 5.41) is 0. The summed E-state index contributed by atoms with van der Waals surface area (Å²) >= 11 is 0. The smallest absolute Gasteiger partial charge is 0.0632 e. The van der Waals surface area contributed by atoms with Crippen LogP contribution in [0.5, 0.6) is 0 Å². The maximum absolute atomic E-state index is 3.25. The first kappa shape index (κ1) is 25.0. The summed E-state index contributed by atoms with van der Waals surface area (Å²) in [6, 6.07) is 3.53. The predicted octanol–water partition coefficient (Wildman–Crippen LogP) is 8.83. The molecule has 2 nitrogen and oxygen atoms in total. The molecule has 4 saturated carbocycles. The van der Waals surface area contributed by atoms with Crippen molar-refractivity contribution in [3.63, 3.8) is 0 Å². The Balaban J connectivity index is 1.64. The monoisotopic (exact) mass is 444 g/mol. The van der Waals surface area contributed by atoms with E-state index in [4.69, 9.17) is 0 Å². The quantitative estimate of drug-likeness (QED) is 0.245. The molecule has 0 amide bonds. The van der Waals surface area contributed by atoms with Crippen molar-refractivity contribution in [2.45, 2.75) is 191 Å². The molecule has 0 aromatic carbocycles. The summed E-state index contributed by atoms with van der Waals surface area (Å²) in [5.41, 5.74) is 0. The van der Waals surface area contributed by atoms with Crippen LogP contribution in [0.3, 0.4) is 0 Å². The zero-order valence-electron chi connectivity index (χ0n) is 21.8. The van der Waals surface area contributed by atoms with E-state index in [0.29, 0.717) is 0 Å². The average molecular weight is 445 g/mol. The zero-order chi connectivity index (χ0) is 22.0. The molecule has 0 spiro atoms. The summed E-state index contributed by atoms with van der Waals surface area (Å²) in [7, 11) is 0. The molecular formula is C30H56N2. The van der Waals surface area contributed by atoms with Gasteiger partial charge < -0.3 is 0 Å². The van der Waals surface area contributed by atoms with E-state index in [2.05, 4.69) is 16.7 Å². The lowest BCUT2D eigenvalue weighted by Gasteiger charge is -2.55. The Kier molecular flexibility index (Phi) is 10.7. The second-order valence-electron chi connectivity index (χ2n) is 12.0. The first-order valence-electron chi connectivity index (χ1n) is 15.4. The first-order chi connectivity index (χ1) is 15.9. The van der Waals surface area contributed by atoms with Gasteiger partial charge in [-0.25, -0.2) is 0 Å². The van der Waals surface area contributed by atoms with E-state index in [1.54, 1.807) is 0 Å². The van der Waals surface area contributed by atoms with Gasteiger partial charge in [0.2, 0.25) is 0 Å². The Morgan fingerprint density at radius 1 is 0.469 bits per heavy atom. The van der Waals surface area contributed by atoms with Crippen molar-refractivity contribution >= 4 is 0 Å². The van der Waals surface area contributed by atoms with E-state index < -0.39 is 0 Å². The van der Waals surface area contributed by atoms with Crippen LogP contribution < -0.4 is 0 Å². The predicted molar refractivity (Wildman–Crippen MR) is 139 cm³/mol. The van der Waals surface area contributed by atoms with Gasteiger partial charge in [-0.05, 0) is 57.8 Å². The van der Waals surface area contributed by atoms with Crippen molar-refractivity contribution in [1.82, 2.24) is 9.80 Å². The molecule has 4 fully saturated rings. The van der Waals surface area contributed by atoms with Crippen LogP contribution >= 0.6 is 0 Å². The number of hydrogen-bond acceptors (Lipinski definition) is 2. The SMILES string of the molecule is CCCCCC(N(C1CCCCC1)C1CCCCC1)N(C1CCCCC1)C1CCCCC1. The highest BCUT2D eigenvalue weighted by molar-refractivity contribution is 4.94. The minimum Gasteiger partial charge on any atom is -0.282 e. The lowest BCUT2D eigenvalue weighted by Crippen LogP contribution is -2.62. The topological polar surface area (TPSA) is 6.48 Å². The standard InChI is InChI=1S/C30H56N2/c1-2-3-8-25-30(31(26-17-9-4-10-18-26)27-19-11-5-12-20-27)32(28-21-13-6-14-22-28)29-23-15-7-16-24-29/h26-30H,2-25H2,1H3. The van der Waals surface area contributed by atoms with E-state index in [-0.39, 0.29) is 0 Å². The second kappa shape index (κ2) is 13.7. The molecule has 32 heavy (non-hydrogen) atoms. The lowest BCUT2D eigenvalue weighted by molar-refractivity contribution is -0.0916. The summed E-state index contributed by atoms with van der Waals surface area (Å²) in [5.74, 6) is 0. The Bertz CT molecular complexity index is 405. The maximum atomic E-state index is 3.25. The van der Waals surface area contributed by atoms with Crippen LogP contribution in [-0.2, 0) is 0 Å². The number of rotatable bonds is 10. The average Bonchev–Trinajstić information content (AvgIpc) is 2.87. The molecule has 4 rings (SSSR count). The van der Waals surface area contributed by atoms with Gasteiger partial charge in [-0.3, -0.25) is 9.80 Å². The second-order valence-corrected chi connectivity index (χ2v) is 12.0. The lowest BCUT2D eigenvalue weighted by atomic mass is 9.84.